The highest BCUT2D eigenvalue weighted by atomic mass is 16.5. The molecule has 1 aromatic carbocycles. The molecule has 0 amide bonds. The largest absolute Gasteiger partial charge is 0.461 e. The van der Waals surface area contributed by atoms with Crippen LogP contribution >= 0.6 is 0 Å². The van der Waals surface area contributed by atoms with Crippen LogP contribution in [0.4, 0.5) is 0 Å². The minimum absolute atomic E-state index is 0.144. The van der Waals surface area contributed by atoms with Crippen LogP contribution in [0.2, 0.25) is 0 Å². The number of hydrogen-bond acceptors (Lipinski definition) is 5. The summed E-state index contributed by atoms with van der Waals surface area (Å²) in [5.41, 5.74) is 0.253. The summed E-state index contributed by atoms with van der Waals surface area (Å²) in [7, 11) is 0. The zero-order valence-corrected chi connectivity index (χ0v) is 10.3. The topological polar surface area (TPSA) is 79.7 Å². The summed E-state index contributed by atoms with van der Waals surface area (Å²) in [6.07, 6.45) is 0.844. The lowest BCUT2D eigenvalue weighted by molar-refractivity contribution is -0.0494. The molecule has 2 rings (SSSR count). The van der Waals surface area contributed by atoms with E-state index in [0.29, 0.717) is 6.42 Å². The molecule has 0 aliphatic rings. The van der Waals surface area contributed by atoms with Crippen LogP contribution in [0.15, 0.2) is 36.5 Å². The average molecular weight is 261 g/mol. The summed E-state index contributed by atoms with van der Waals surface area (Å²) in [6.45, 7) is 0.144. The van der Waals surface area contributed by atoms with Crippen molar-refractivity contribution >= 4 is 16.7 Å². The van der Waals surface area contributed by atoms with Gasteiger partial charge in [-0.15, -0.1) is 0 Å². The van der Waals surface area contributed by atoms with E-state index in [2.05, 4.69) is 4.98 Å². The molecule has 0 aliphatic carbocycles. The predicted octanol–water partition coefficient (Wildman–Crippen LogP) is 1.48. The first-order chi connectivity index (χ1) is 9.16. The van der Waals surface area contributed by atoms with Crippen molar-refractivity contribution in [3.63, 3.8) is 0 Å². The molecule has 0 saturated heterocycles. The van der Waals surface area contributed by atoms with Crippen LogP contribution in [0.3, 0.4) is 0 Å². The number of fused-ring (bicyclic) bond motifs is 1. The number of pyridine rings is 1. The molecule has 2 N–H and O–H groups in total. The van der Waals surface area contributed by atoms with Crippen molar-refractivity contribution in [1.82, 2.24) is 4.98 Å². The summed E-state index contributed by atoms with van der Waals surface area (Å²) in [5.74, 6) is -0.502. The molecular weight excluding hydrogens is 246 g/mol. The fraction of sp³-hybridized carbons (Fsp3) is 0.286. The molecule has 0 bridgehead atoms. The Morgan fingerprint density at radius 2 is 2.00 bits per heavy atom. The average Bonchev–Trinajstić information content (AvgIpc) is 2.42. The maximum Gasteiger partial charge on any atom is 0.356 e. The van der Waals surface area contributed by atoms with Crippen molar-refractivity contribution in [1.29, 1.82) is 0 Å². The number of carbonyl (C=O) groups excluding carboxylic acids is 1. The van der Waals surface area contributed by atoms with E-state index in [0.717, 1.165) is 10.8 Å². The summed E-state index contributed by atoms with van der Waals surface area (Å²) in [6, 6.07) is 9.29. The Kier molecular flexibility index (Phi) is 4.43. The highest BCUT2D eigenvalue weighted by Gasteiger charge is 2.09. The Bertz CT molecular complexity index is 568. The van der Waals surface area contributed by atoms with Gasteiger partial charge in [-0.3, -0.25) is 0 Å². The van der Waals surface area contributed by atoms with Gasteiger partial charge in [0.1, 0.15) is 5.69 Å². The van der Waals surface area contributed by atoms with Gasteiger partial charge in [0.2, 0.25) is 0 Å². The summed E-state index contributed by atoms with van der Waals surface area (Å²) < 4.78 is 5.00. The van der Waals surface area contributed by atoms with Gasteiger partial charge >= 0.3 is 5.97 Å². The quantitative estimate of drug-likeness (QED) is 0.484. The van der Waals surface area contributed by atoms with Crippen LogP contribution in [0.5, 0.6) is 0 Å². The molecule has 0 unspecified atom stereocenters. The first-order valence-corrected chi connectivity index (χ1v) is 6.05. The van der Waals surface area contributed by atoms with Crippen molar-refractivity contribution in [2.24, 2.45) is 0 Å². The van der Waals surface area contributed by atoms with Gasteiger partial charge in [0.15, 0.2) is 6.29 Å². The molecule has 100 valence electrons. The van der Waals surface area contributed by atoms with Crippen molar-refractivity contribution in [3.8, 4) is 0 Å². The highest BCUT2D eigenvalue weighted by Crippen LogP contribution is 2.13. The molecule has 0 fully saturated rings. The standard InChI is InChI=1S/C14H15NO4/c16-13(17)6-3-7-19-14(18)12-8-10-4-1-2-5-11(10)9-15-12/h1-2,4-5,8-9,13,16-17H,3,6-7H2. The number of rotatable bonds is 5. The molecule has 2 aromatic rings. The Balaban J connectivity index is 1.97. The van der Waals surface area contributed by atoms with Crippen LogP contribution in [-0.4, -0.2) is 34.1 Å². The van der Waals surface area contributed by atoms with E-state index < -0.39 is 12.3 Å². The summed E-state index contributed by atoms with van der Waals surface area (Å²) in [4.78, 5) is 15.8. The van der Waals surface area contributed by atoms with E-state index in [1.165, 1.54) is 0 Å². The molecule has 0 saturated carbocycles. The lowest BCUT2D eigenvalue weighted by atomic mass is 10.1. The van der Waals surface area contributed by atoms with E-state index >= 15 is 0 Å². The predicted molar refractivity (Wildman–Crippen MR) is 69.5 cm³/mol. The molecule has 5 heteroatoms. The molecule has 0 spiro atoms. The van der Waals surface area contributed by atoms with Crippen LogP contribution in [0.1, 0.15) is 23.3 Å². The van der Waals surface area contributed by atoms with Crippen molar-refractivity contribution < 1.29 is 19.7 Å². The normalized spacial score (nSPS) is 10.9. The van der Waals surface area contributed by atoms with Gasteiger partial charge in [0, 0.05) is 18.0 Å². The van der Waals surface area contributed by atoms with Crippen LogP contribution in [0, 0.1) is 0 Å². The summed E-state index contributed by atoms with van der Waals surface area (Å²) in [5, 5.41) is 19.2. The van der Waals surface area contributed by atoms with Crippen LogP contribution in [-0.2, 0) is 4.74 Å². The molecule has 1 heterocycles. The maximum absolute atomic E-state index is 11.7. The number of aromatic nitrogens is 1. The number of benzene rings is 1. The number of aliphatic hydroxyl groups excluding tert-OH is 1. The van der Waals surface area contributed by atoms with Gasteiger partial charge in [-0.1, -0.05) is 24.3 Å². The minimum atomic E-state index is -1.36. The van der Waals surface area contributed by atoms with Crippen LogP contribution in [0.25, 0.3) is 10.8 Å². The Labute approximate surface area is 110 Å². The first kappa shape index (κ1) is 13.5. The number of hydrogen-bond donors (Lipinski definition) is 2. The van der Waals surface area contributed by atoms with Gasteiger partial charge in [0.05, 0.1) is 6.61 Å². The Hall–Kier alpha value is -1.98. The zero-order chi connectivity index (χ0) is 13.7. The van der Waals surface area contributed by atoms with Gasteiger partial charge in [-0.2, -0.15) is 0 Å². The Morgan fingerprint density at radius 3 is 2.74 bits per heavy atom. The summed E-state index contributed by atoms with van der Waals surface area (Å²) >= 11 is 0. The van der Waals surface area contributed by atoms with Gasteiger partial charge in [0.25, 0.3) is 0 Å². The van der Waals surface area contributed by atoms with Gasteiger partial charge in [-0.05, 0) is 17.9 Å². The molecule has 0 atom stereocenters. The van der Waals surface area contributed by atoms with Crippen molar-refractivity contribution in [3.05, 3.63) is 42.2 Å². The highest BCUT2D eigenvalue weighted by molar-refractivity contribution is 5.92. The van der Waals surface area contributed by atoms with E-state index in [1.807, 2.05) is 24.3 Å². The SMILES string of the molecule is O=C(OCCCC(O)O)c1cc2ccccc2cn1. The third-order valence-electron chi connectivity index (χ3n) is 2.68. The second-order valence-electron chi connectivity index (χ2n) is 4.18. The van der Waals surface area contributed by atoms with E-state index in [9.17, 15) is 4.79 Å². The number of aliphatic hydroxyl groups is 2. The van der Waals surface area contributed by atoms with Gasteiger partial charge in [-0.25, -0.2) is 9.78 Å². The number of carbonyl (C=O) groups is 1. The second kappa shape index (κ2) is 6.26. The fourth-order valence-corrected chi connectivity index (χ4v) is 1.70. The number of esters is 1. The van der Waals surface area contributed by atoms with Crippen molar-refractivity contribution in [2.75, 3.05) is 6.61 Å². The molecule has 1 aromatic heterocycles. The first-order valence-electron chi connectivity index (χ1n) is 6.05. The van der Waals surface area contributed by atoms with E-state index in [4.69, 9.17) is 14.9 Å². The molecular formula is C14H15NO4. The maximum atomic E-state index is 11.7. The van der Waals surface area contributed by atoms with Gasteiger partial charge < -0.3 is 14.9 Å². The van der Waals surface area contributed by atoms with E-state index in [-0.39, 0.29) is 18.7 Å². The molecule has 19 heavy (non-hydrogen) atoms. The monoisotopic (exact) mass is 261 g/mol. The smallest absolute Gasteiger partial charge is 0.356 e. The van der Waals surface area contributed by atoms with E-state index in [1.54, 1.807) is 12.3 Å². The zero-order valence-electron chi connectivity index (χ0n) is 10.3. The molecule has 5 nitrogen and oxygen atoms in total. The lowest BCUT2D eigenvalue weighted by Crippen LogP contribution is -2.11. The molecule has 0 aliphatic heterocycles. The van der Waals surface area contributed by atoms with Crippen LogP contribution < -0.4 is 0 Å². The Morgan fingerprint density at radius 1 is 1.26 bits per heavy atom. The lowest BCUT2D eigenvalue weighted by Gasteiger charge is -2.06. The number of nitrogens with zero attached hydrogens (tertiary/aromatic N) is 1. The second-order valence-corrected chi connectivity index (χ2v) is 4.18. The third-order valence-corrected chi connectivity index (χ3v) is 2.68. The number of ether oxygens (including phenoxy) is 1. The van der Waals surface area contributed by atoms with Crippen molar-refractivity contribution in [2.45, 2.75) is 19.1 Å². The fourth-order valence-electron chi connectivity index (χ4n) is 1.70. The minimum Gasteiger partial charge on any atom is -0.461 e. The third kappa shape index (κ3) is 3.74. The molecule has 0 radical (unpaired) electrons.